The van der Waals surface area contributed by atoms with Crippen LogP contribution >= 0.6 is 0 Å². The van der Waals surface area contributed by atoms with E-state index in [0.717, 1.165) is 16.7 Å². The second kappa shape index (κ2) is 7.27. The number of methoxy groups -OCH3 is 1. The number of rotatable bonds is 6. The molecule has 0 atom stereocenters. The molecule has 0 fully saturated rings. The average molecular weight is 376 g/mol. The molecule has 0 radical (unpaired) electrons. The van der Waals surface area contributed by atoms with E-state index in [-0.39, 0.29) is 6.42 Å². The molecule has 0 aliphatic carbocycles. The fraction of sp³-hybridized carbons (Fsp3) is 0.174. The number of hydrogen-bond donors (Lipinski definition) is 1. The molecule has 4 rings (SSSR count). The predicted molar refractivity (Wildman–Crippen MR) is 104 cm³/mol. The molecule has 0 spiro atoms. The number of carboxylic acid groups (broad SMARTS) is 1. The van der Waals surface area contributed by atoms with Crippen molar-refractivity contribution in [1.29, 1.82) is 0 Å². The van der Waals surface area contributed by atoms with E-state index in [1.54, 1.807) is 13.2 Å². The lowest BCUT2D eigenvalue weighted by Gasteiger charge is -2.28. The fourth-order valence-electron chi connectivity index (χ4n) is 3.39. The van der Waals surface area contributed by atoms with Crippen LogP contribution in [0.3, 0.4) is 0 Å². The molecule has 1 aliphatic heterocycles. The third-order valence-corrected chi connectivity index (χ3v) is 4.74. The maximum atomic E-state index is 10.9. The SMILES string of the molecule is COc1cc(CCC(=O)O)cc2c1OC(c1ccccc1)(c1ccccc1)O2. The highest BCUT2D eigenvalue weighted by Gasteiger charge is 2.46. The smallest absolute Gasteiger partial charge is 0.305 e. The van der Waals surface area contributed by atoms with Crippen molar-refractivity contribution in [3.63, 3.8) is 0 Å². The third-order valence-electron chi connectivity index (χ3n) is 4.74. The van der Waals surface area contributed by atoms with Crippen LogP contribution in [0.1, 0.15) is 23.1 Å². The zero-order valence-corrected chi connectivity index (χ0v) is 15.4. The number of ether oxygens (including phenoxy) is 3. The Balaban J connectivity index is 1.81. The molecule has 0 unspecified atom stereocenters. The standard InChI is InChI=1S/C23H20O5/c1-26-19-14-16(12-13-21(24)25)15-20-22(19)28-23(27-20,17-8-4-2-5-9-17)18-10-6-3-7-11-18/h2-11,14-15H,12-13H2,1H3,(H,24,25). The molecule has 3 aromatic rings. The third kappa shape index (κ3) is 3.16. The van der Waals surface area contributed by atoms with Crippen molar-refractivity contribution in [3.05, 3.63) is 89.5 Å². The highest BCUT2D eigenvalue weighted by Crippen LogP contribution is 2.52. The Kier molecular flexibility index (Phi) is 4.65. The molecule has 1 N–H and O–H groups in total. The molecule has 0 amide bonds. The van der Waals surface area contributed by atoms with Crippen molar-refractivity contribution in [1.82, 2.24) is 0 Å². The topological polar surface area (TPSA) is 65.0 Å². The molecule has 0 aromatic heterocycles. The van der Waals surface area contributed by atoms with Gasteiger partial charge in [-0.2, -0.15) is 0 Å². The van der Waals surface area contributed by atoms with Gasteiger partial charge >= 0.3 is 11.8 Å². The van der Waals surface area contributed by atoms with E-state index in [1.165, 1.54) is 0 Å². The number of aryl methyl sites for hydroxylation is 1. The van der Waals surface area contributed by atoms with Crippen LogP contribution in [-0.4, -0.2) is 18.2 Å². The van der Waals surface area contributed by atoms with Crippen LogP contribution in [-0.2, 0) is 17.0 Å². The monoisotopic (exact) mass is 376 g/mol. The molecule has 3 aromatic carbocycles. The molecule has 0 saturated carbocycles. The first-order valence-corrected chi connectivity index (χ1v) is 9.04. The molecular formula is C23H20O5. The van der Waals surface area contributed by atoms with E-state index in [0.29, 0.717) is 23.7 Å². The van der Waals surface area contributed by atoms with Gasteiger partial charge in [-0.25, -0.2) is 0 Å². The number of hydrogen-bond acceptors (Lipinski definition) is 4. The summed E-state index contributed by atoms with van der Waals surface area (Å²) in [5, 5.41) is 8.99. The minimum Gasteiger partial charge on any atom is -0.493 e. The zero-order chi connectivity index (χ0) is 19.6. The lowest BCUT2D eigenvalue weighted by molar-refractivity contribution is -0.136. The highest BCUT2D eigenvalue weighted by molar-refractivity contribution is 5.67. The Morgan fingerprint density at radius 2 is 1.57 bits per heavy atom. The number of fused-ring (bicyclic) bond motifs is 1. The Morgan fingerprint density at radius 1 is 0.964 bits per heavy atom. The van der Waals surface area contributed by atoms with Gasteiger partial charge in [-0.3, -0.25) is 4.79 Å². The predicted octanol–water partition coefficient (Wildman–Crippen LogP) is 4.38. The van der Waals surface area contributed by atoms with Crippen LogP contribution in [0, 0.1) is 0 Å². The minimum atomic E-state index is -1.14. The molecule has 0 saturated heterocycles. The Hall–Kier alpha value is -3.47. The van der Waals surface area contributed by atoms with Gasteiger partial charge in [0.1, 0.15) is 0 Å². The summed E-state index contributed by atoms with van der Waals surface area (Å²) in [5.74, 6) is -0.420. The fourth-order valence-corrected chi connectivity index (χ4v) is 3.39. The van der Waals surface area contributed by atoms with Gasteiger partial charge in [0.05, 0.1) is 7.11 Å². The molecule has 1 heterocycles. The van der Waals surface area contributed by atoms with Gasteiger partial charge in [0, 0.05) is 17.5 Å². The van der Waals surface area contributed by atoms with Crippen molar-refractivity contribution in [2.45, 2.75) is 18.6 Å². The van der Waals surface area contributed by atoms with Crippen molar-refractivity contribution in [2.24, 2.45) is 0 Å². The van der Waals surface area contributed by atoms with E-state index in [4.69, 9.17) is 19.3 Å². The largest absolute Gasteiger partial charge is 0.493 e. The maximum Gasteiger partial charge on any atom is 0.305 e. The first-order chi connectivity index (χ1) is 13.6. The van der Waals surface area contributed by atoms with Gasteiger partial charge in [0.2, 0.25) is 5.75 Å². The second-order valence-electron chi connectivity index (χ2n) is 6.57. The van der Waals surface area contributed by atoms with Gasteiger partial charge in [0.15, 0.2) is 11.5 Å². The van der Waals surface area contributed by atoms with Gasteiger partial charge in [-0.1, -0.05) is 60.7 Å². The molecule has 28 heavy (non-hydrogen) atoms. The molecule has 142 valence electrons. The van der Waals surface area contributed by atoms with E-state index in [2.05, 4.69) is 0 Å². The maximum absolute atomic E-state index is 10.9. The minimum absolute atomic E-state index is 0.0330. The normalized spacial score (nSPS) is 13.9. The van der Waals surface area contributed by atoms with Gasteiger partial charge in [-0.15, -0.1) is 0 Å². The lowest BCUT2D eigenvalue weighted by atomic mass is 9.97. The number of carboxylic acids is 1. The van der Waals surface area contributed by atoms with Crippen LogP contribution < -0.4 is 14.2 Å². The Morgan fingerprint density at radius 3 is 2.11 bits per heavy atom. The van der Waals surface area contributed by atoms with Crippen molar-refractivity contribution in [2.75, 3.05) is 7.11 Å². The summed E-state index contributed by atoms with van der Waals surface area (Å²) in [6.07, 6.45) is 0.414. The summed E-state index contributed by atoms with van der Waals surface area (Å²) in [7, 11) is 1.56. The average Bonchev–Trinajstić information content (AvgIpc) is 3.14. The van der Waals surface area contributed by atoms with Crippen LogP contribution in [0.2, 0.25) is 0 Å². The summed E-state index contributed by atoms with van der Waals surface area (Å²) in [5.41, 5.74) is 2.52. The molecule has 5 nitrogen and oxygen atoms in total. The molecule has 0 bridgehead atoms. The van der Waals surface area contributed by atoms with Crippen LogP contribution in [0.4, 0.5) is 0 Å². The Bertz CT molecular complexity index is 943. The summed E-state index contributed by atoms with van der Waals surface area (Å²) in [6, 6.07) is 23.1. The lowest BCUT2D eigenvalue weighted by Crippen LogP contribution is -2.36. The van der Waals surface area contributed by atoms with Crippen LogP contribution in [0.5, 0.6) is 17.2 Å². The highest BCUT2D eigenvalue weighted by atomic mass is 16.7. The van der Waals surface area contributed by atoms with Gasteiger partial charge in [-0.05, 0) is 24.1 Å². The molecular weight excluding hydrogens is 356 g/mol. The van der Waals surface area contributed by atoms with Crippen molar-refractivity contribution >= 4 is 5.97 Å². The zero-order valence-electron chi connectivity index (χ0n) is 15.4. The summed E-state index contributed by atoms with van der Waals surface area (Å²) in [6.45, 7) is 0. The van der Waals surface area contributed by atoms with Gasteiger partial charge < -0.3 is 19.3 Å². The van der Waals surface area contributed by atoms with Crippen molar-refractivity contribution in [3.8, 4) is 17.2 Å². The quantitative estimate of drug-likeness (QED) is 0.691. The summed E-state index contributed by atoms with van der Waals surface area (Å²) < 4.78 is 18.3. The number of carbonyl (C=O) groups is 1. The van der Waals surface area contributed by atoms with E-state index >= 15 is 0 Å². The second-order valence-corrected chi connectivity index (χ2v) is 6.57. The molecule has 1 aliphatic rings. The van der Waals surface area contributed by atoms with Crippen molar-refractivity contribution < 1.29 is 24.1 Å². The Labute approximate surface area is 163 Å². The van der Waals surface area contributed by atoms with E-state index in [1.807, 2.05) is 66.7 Å². The summed E-state index contributed by atoms with van der Waals surface area (Å²) >= 11 is 0. The van der Waals surface area contributed by atoms with Crippen LogP contribution in [0.15, 0.2) is 72.8 Å². The number of benzene rings is 3. The first kappa shape index (κ1) is 17.9. The van der Waals surface area contributed by atoms with E-state index < -0.39 is 11.8 Å². The summed E-state index contributed by atoms with van der Waals surface area (Å²) in [4.78, 5) is 10.9. The van der Waals surface area contributed by atoms with Crippen LogP contribution in [0.25, 0.3) is 0 Å². The number of aliphatic carboxylic acids is 1. The first-order valence-electron chi connectivity index (χ1n) is 9.04. The van der Waals surface area contributed by atoms with Gasteiger partial charge in [0.25, 0.3) is 0 Å². The van der Waals surface area contributed by atoms with E-state index in [9.17, 15) is 4.79 Å². The molecule has 5 heteroatoms.